The number of anilines is 1. The lowest BCUT2D eigenvalue weighted by atomic mass is 10.1. The third-order valence-corrected chi connectivity index (χ3v) is 4.17. The number of hydrogen-bond acceptors (Lipinski definition) is 2. The molecule has 0 atom stereocenters. The van der Waals surface area contributed by atoms with Gasteiger partial charge in [0.15, 0.2) is 0 Å². The largest absolute Gasteiger partial charge is 0.478 e. The average Bonchev–Trinajstić information content (AvgIpc) is 2.48. The maximum Gasteiger partial charge on any atom is 0.335 e. The van der Waals surface area contributed by atoms with Crippen molar-refractivity contribution >= 4 is 45.1 Å². The number of benzene rings is 2. The topological polar surface area (TPSA) is 66.4 Å². The fraction of sp³-hybridized carbons (Fsp3) is 0.125. The van der Waals surface area contributed by atoms with Crippen LogP contribution in [0.3, 0.4) is 0 Å². The molecule has 0 aliphatic rings. The summed E-state index contributed by atoms with van der Waals surface area (Å²) in [4.78, 5) is 22.9. The van der Waals surface area contributed by atoms with Crippen molar-refractivity contribution in [1.82, 2.24) is 0 Å². The first-order valence-electron chi connectivity index (χ1n) is 6.53. The summed E-state index contributed by atoms with van der Waals surface area (Å²) in [6.45, 7) is 0. The Kier molecular flexibility index (Phi) is 5.57. The maximum atomic E-state index is 12.0. The van der Waals surface area contributed by atoms with Crippen LogP contribution in [0.2, 0.25) is 5.02 Å². The highest BCUT2D eigenvalue weighted by atomic mass is 79.9. The number of rotatable bonds is 5. The Labute approximate surface area is 141 Å². The molecule has 0 aliphatic carbocycles. The summed E-state index contributed by atoms with van der Waals surface area (Å²) in [5, 5.41) is 11.9. The number of aromatic carboxylic acids is 1. The zero-order valence-electron chi connectivity index (χ0n) is 11.5. The Morgan fingerprint density at radius 2 is 1.91 bits per heavy atom. The number of nitrogens with one attached hydrogen (secondary N) is 1. The number of carbonyl (C=O) groups excluding carboxylic acids is 1. The first-order valence-corrected chi connectivity index (χ1v) is 7.70. The Morgan fingerprint density at radius 1 is 1.18 bits per heavy atom. The van der Waals surface area contributed by atoms with E-state index in [0.29, 0.717) is 17.1 Å². The fourth-order valence-electron chi connectivity index (χ4n) is 1.92. The van der Waals surface area contributed by atoms with E-state index in [0.717, 1.165) is 10.0 Å². The first kappa shape index (κ1) is 16.5. The van der Waals surface area contributed by atoms with Gasteiger partial charge in [-0.05, 0) is 36.2 Å². The number of hydrogen-bond donors (Lipinski definition) is 2. The number of carboxylic acids is 1. The van der Waals surface area contributed by atoms with Crippen molar-refractivity contribution < 1.29 is 14.7 Å². The van der Waals surface area contributed by atoms with Crippen molar-refractivity contribution in [2.75, 3.05) is 5.32 Å². The molecule has 0 aliphatic heterocycles. The molecule has 2 rings (SSSR count). The summed E-state index contributed by atoms with van der Waals surface area (Å²) in [5.41, 5.74) is 1.41. The molecule has 1 amide bonds. The molecule has 6 heteroatoms. The van der Waals surface area contributed by atoms with Crippen LogP contribution in [0.15, 0.2) is 46.9 Å². The predicted octanol–water partition coefficient (Wildman–Crippen LogP) is 4.37. The summed E-state index contributed by atoms with van der Waals surface area (Å²) in [6, 6.07) is 11.9. The Bertz CT molecular complexity index is 718. The third kappa shape index (κ3) is 4.32. The molecule has 114 valence electrons. The van der Waals surface area contributed by atoms with Crippen LogP contribution in [0, 0.1) is 0 Å². The lowest BCUT2D eigenvalue weighted by Gasteiger charge is -2.09. The summed E-state index contributed by atoms with van der Waals surface area (Å²) in [6.07, 6.45) is 0.847. The third-order valence-electron chi connectivity index (χ3n) is 3.07. The number of aryl methyl sites for hydroxylation is 1. The standard InChI is InChI=1S/C16H13BrClNO3/c17-12-4-2-1-3-10(12)6-8-15(20)19-14-9-11(16(21)22)5-7-13(14)18/h1-5,7,9H,6,8H2,(H,19,20)(H,21,22). The molecule has 0 heterocycles. The van der Waals surface area contributed by atoms with Crippen molar-refractivity contribution in [2.24, 2.45) is 0 Å². The predicted molar refractivity (Wildman–Crippen MR) is 89.5 cm³/mol. The zero-order chi connectivity index (χ0) is 16.1. The lowest BCUT2D eigenvalue weighted by molar-refractivity contribution is -0.116. The van der Waals surface area contributed by atoms with E-state index in [1.165, 1.54) is 18.2 Å². The van der Waals surface area contributed by atoms with Gasteiger partial charge in [-0.3, -0.25) is 4.79 Å². The highest BCUT2D eigenvalue weighted by Gasteiger charge is 2.10. The second-order valence-electron chi connectivity index (χ2n) is 4.64. The van der Waals surface area contributed by atoms with Crippen LogP contribution in [0.25, 0.3) is 0 Å². The zero-order valence-corrected chi connectivity index (χ0v) is 13.8. The van der Waals surface area contributed by atoms with Gasteiger partial charge in [-0.1, -0.05) is 45.7 Å². The second kappa shape index (κ2) is 7.42. The van der Waals surface area contributed by atoms with Crippen molar-refractivity contribution in [3.8, 4) is 0 Å². The van der Waals surface area contributed by atoms with Gasteiger partial charge >= 0.3 is 5.97 Å². The molecular formula is C16H13BrClNO3. The smallest absolute Gasteiger partial charge is 0.335 e. The van der Waals surface area contributed by atoms with E-state index < -0.39 is 5.97 Å². The van der Waals surface area contributed by atoms with E-state index in [2.05, 4.69) is 21.2 Å². The molecule has 0 spiro atoms. The maximum absolute atomic E-state index is 12.0. The van der Waals surface area contributed by atoms with E-state index in [1.807, 2.05) is 24.3 Å². The van der Waals surface area contributed by atoms with Crippen LogP contribution in [-0.4, -0.2) is 17.0 Å². The normalized spacial score (nSPS) is 10.3. The minimum absolute atomic E-state index is 0.0745. The molecule has 0 fully saturated rings. The first-order chi connectivity index (χ1) is 10.5. The van der Waals surface area contributed by atoms with Gasteiger partial charge in [0.1, 0.15) is 0 Å². The Hall–Kier alpha value is -1.85. The van der Waals surface area contributed by atoms with Gasteiger partial charge in [0.05, 0.1) is 16.3 Å². The van der Waals surface area contributed by atoms with Crippen molar-refractivity contribution in [2.45, 2.75) is 12.8 Å². The van der Waals surface area contributed by atoms with Gasteiger partial charge in [-0.25, -0.2) is 4.79 Å². The van der Waals surface area contributed by atoms with E-state index in [4.69, 9.17) is 16.7 Å². The van der Waals surface area contributed by atoms with Crippen molar-refractivity contribution in [3.63, 3.8) is 0 Å². The molecule has 0 saturated heterocycles. The Morgan fingerprint density at radius 3 is 2.59 bits per heavy atom. The summed E-state index contributed by atoms with van der Waals surface area (Å²) >= 11 is 9.40. The van der Waals surface area contributed by atoms with Crippen LogP contribution in [0.5, 0.6) is 0 Å². The number of carbonyl (C=O) groups is 2. The van der Waals surface area contributed by atoms with Gasteiger partial charge in [0, 0.05) is 10.9 Å². The van der Waals surface area contributed by atoms with E-state index >= 15 is 0 Å². The SMILES string of the molecule is O=C(CCc1ccccc1Br)Nc1cc(C(=O)O)ccc1Cl. The van der Waals surface area contributed by atoms with Crippen LogP contribution in [0.4, 0.5) is 5.69 Å². The van der Waals surface area contributed by atoms with Gasteiger partial charge in [-0.2, -0.15) is 0 Å². The van der Waals surface area contributed by atoms with Crippen LogP contribution < -0.4 is 5.32 Å². The summed E-state index contributed by atoms with van der Waals surface area (Å²) < 4.78 is 0.953. The number of carboxylic acid groups (broad SMARTS) is 1. The van der Waals surface area contributed by atoms with E-state index in [9.17, 15) is 9.59 Å². The van der Waals surface area contributed by atoms with E-state index in [-0.39, 0.29) is 17.9 Å². The van der Waals surface area contributed by atoms with Crippen LogP contribution >= 0.6 is 27.5 Å². The van der Waals surface area contributed by atoms with Crippen molar-refractivity contribution in [1.29, 1.82) is 0 Å². The molecule has 0 unspecified atom stereocenters. The molecule has 0 radical (unpaired) electrons. The molecule has 0 bridgehead atoms. The monoisotopic (exact) mass is 381 g/mol. The Balaban J connectivity index is 2.02. The molecular weight excluding hydrogens is 370 g/mol. The van der Waals surface area contributed by atoms with Crippen molar-refractivity contribution in [3.05, 3.63) is 63.1 Å². The lowest BCUT2D eigenvalue weighted by Crippen LogP contribution is -2.13. The minimum Gasteiger partial charge on any atom is -0.478 e. The fourth-order valence-corrected chi connectivity index (χ4v) is 2.56. The molecule has 2 aromatic rings. The van der Waals surface area contributed by atoms with Crippen LogP contribution in [0.1, 0.15) is 22.3 Å². The number of halogens is 2. The quantitative estimate of drug-likeness (QED) is 0.807. The van der Waals surface area contributed by atoms with Gasteiger partial charge in [0.25, 0.3) is 0 Å². The molecule has 2 N–H and O–H groups in total. The highest BCUT2D eigenvalue weighted by Crippen LogP contribution is 2.24. The molecule has 22 heavy (non-hydrogen) atoms. The van der Waals surface area contributed by atoms with E-state index in [1.54, 1.807) is 0 Å². The average molecular weight is 383 g/mol. The van der Waals surface area contributed by atoms with Crippen LogP contribution in [-0.2, 0) is 11.2 Å². The summed E-state index contributed by atoms with van der Waals surface area (Å²) in [5.74, 6) is -1.29. The second-order valence-corrected chi connectivity index (χ2v) is 5.90. The number of amides is 1. The molecule has 4 nitrogen and oxygen atoms in total. The molecule has 0 saturated carbocycles. The molecule has 2 aromatic carbocycles. The van der Waals surface area contributed by atoms with Gasteiger partial charge in [-0.15, -0.1) is 0 Å². The highest BCUT2D eigenvalue weighted by molar-refractivity contribution is 9.10. The molecule has 0 aromatic heterocycles. The minimum atomic E-state index is -1.07. The van der Waals surface area contributed by atoms with Gasteiger partial charge in [0.2, 0.25) is 5.91 Å². The summed E-state index contributed by atoms with van der Waals surface area (Å²) in [7, 11) is 0. The van der Waals surface area contributed by atoms with Gasteiger partial charge < -0.3 is 10.4 Å².